The van der Waals surface area contributed by atoms with E-state index in [9.17, 15) is 13.6 Å². The van der Waals surface area contributed by atoms with Gasteiger partial charge in [0, 0.05) is 18.9 Å². The Morgan fingerprint density at radius 2 is 2.36 bits per heavy atom. The lowest BCUT2D eigenvalue weighted by molar-refractivity contribution is -0.116. The Balaban J connectivity index is 2.24. The van der Waals surface area contributed by atoms with Crippen LogP contribution in [0.15, 0.2) is 12.7 Å². The van der Waals surface area contributed by atoms with Crippen LogP contribution in [-0.4, -0.2) is 18.4 Å². The van der Waals surface area contributed by atoms with Crippen molar-refractivity contribution in [2.24, 2.45) is 5.92 Å². The van der Waals surface area contributed by atoms with Crippen LogP contribution < -0.4 is 5.32 Å². The summed E-state index contributed by atoms with van der Waals surface area (Å²) < 4.78 is 26.2. The van der Waals surface area contributed by atoms with Crippen molar-refractivity contribution in [1.82, 2.24) is 5.32 Å². The number of carbonyl (C=O) groups excluding carboxylic acids is 1. The molecule has 1 atom stereocenters. The molecule has 4 heteroatoms. The van der Waals surface area contributed by atoms with Crippen molar-refractivity contribution < 1.29 is 13.6 Å². The molecule has 1 N–H and O–H groups in total. The van der Waals surface area contributed by atoms with Gasteiger partial charge >= 0.3 is 0 Å². The van der Waals surface area contributed by atoms with E-state index in [1.807, 2.05) is 0 Å². The summed E-state index contributed by atoms with van der Waals surface area (Å²) in [5.74, 6) is -3.39. The first-order valence-corrected chi connectivity index (χ1v) is 4.84. The first-order chi connectivity index (χ1) is 6.56. The van der Waals surface area contributed by atoms with E-state index in [-0.39, 0.29) is 12.3 Å². The van der Waals surface area contributed by atoms with Crippen LogP contribution in [-0.2, 0) is 4.79 Å². The molecular formula is C10H15F2NO. The van der Waals surface area contributed by atoms with Gasteiger partial charge in [-0.2, -0.15) is 0 Å². The second kappa shape index (κ2) is 4.53. The van der Waals surface area contributed by atoms with Crippen LogP contribution in [0.25, 0.3) is 0 Å². The number of alkyl halides is 2. The maximum Gasteiger partial charge on any atom is 0.251 e. The van der Waals surface area contributed by atoms with E-state index in [1.54, 1.807) is 0 Å². The third-order valence-electron chi connectivity index (χ3n) is 2.64. The fourth-order valence-electron chi connectivity index (χ4n) is 1.80. The molecule has 1 aliphatic rings. The van der Waals surface area contributed by atoms with Crippen molar-refractivity contribution in [1.29, 1.82) is 0 Å². The molecule has 80 valence electrons. The molecule has 0 radical (unpaired) electrons. The molecule has 1 saturated carbocycles. The van der Waals surface area contributed by atoms with Crippen molar-refractivity contribution in [3.8, 4) is 0 Å². The summed E-state index contributed by atoms with van der Waals surface area (Å²) in [6.07, 6.45) is 2.65. The van der Waals surface area contributed by atoms with Crippen LogP contribution in [0.2, 0.25) is 0 Å². The predicted molar refractivity (Wildman–Crippen MR) is 50.1 cm³/mol. The van der Waals surface area contributed by atoms with E-state index in [0.717, 1.165) is 6.08 Å². The molecule has 0 aromatic carbocycles. The average Bonchev–Trinajstić information content (AvgIpc) is 2.45. The fraction of sp³-hybridized carbons (Fsp3) is 0.700. The zero-order valence-corrected chi connectivity index (χ0v) is 8.06. The van der Waals surface area contributed by atoms with Crippen LogP contribution in [0.3, 0.4) is 0 Å². The van der Waals surface area contributed by atoms with Crippen molar-refractivity contribution in [2.75, 3.05) is 6.54 Å². The summed E-state index contributed by atoms with van der Waals surface area (Å²) in [4.78, 5) is 10.7. The Morgan fingerprint density at radius 1 is 1.64 bits per heavy atom. The van der Waals surface area contributed by atoms with Crippen LogP contribution in [0.1, 0.15) is 25.7 Å². The zero-order chi connectivity index (χ0) is 10.6. The molecule has 0 bridgehead atoms. The van der Waals surface area contributed by atoms with E-state index in [0.29, 0.717) is 25.8 Å². The second-order valence-corrected chi connectivity index (χ2v) is 3.63. The molecule has 0 aromatic rings. The minimum Gasteiger partial charge on any atom is -0.353 e. The van der Waals surface area contributed by atoms with Crippen molar-refractivity contribution in [3.63, 3.8) is 0 Å². The molecule has 1 rings (SSSR count). The van der Waals surface area contributed by atoms with Gasteiger partial charge in [0.2, 0.25) is 5.91 Å². The summed E-state index contributed by atoms with van der Waals surface area (Å²) in [5, 5.41) is 2.51. The lowest BCUT2D eigenvalue weighted by atomic mass is 10.0. The Kier molecular flexibility index (Phi) is 3.61. The highest BCUT2D eigenvalue weighted by molar-refractivity contribution is 5.86. The van der Waals surface area contributed by atoms with Crippen LogP contribution in [0.4, 0.5) is 8.78 Å². The molecule has 0 aromatic heterocycles. The minimum atomic E-state index is -2.53. The first kappa shape index (κ1) is 11.1. The molecule has 0 saturated heterocycles. The molecule has 2 nitrogen and oxygen atoms in total. The van der Waals surface area contributed by atoms with Crippen LogP contribution in [0.5, 0.6) is 0 Å². The number of nitrogens with one attached hydrogen (secondary N) is 1. The van der Waals surface area contributed by atoms with E-state index in [1.165, 1.54) is 0 Å². The van der Waals surface area contributed by atoms with Crippen LogP contribution >= 0.6 is 0 Å². The largest absolute Gasteiger partial charge is 0.353 e. The fourth-order valence-corrected chi connectivity index (χ4v) is 1.80. The number of halogens is 2. The third-order valence-corrected chi connectivity index (χ3v) is 2.64. The summed E-state index contributed by atoms with van der Waals surface area (Å²) in [5.41, 5.74) is 0. The summed E-state index contributed by atoms with van der Waals surface area (Å²) in [6.45, 7) is 3.59. The topological polar surface area (TPSA) is 29.1 Å². The Hall–Kier alpha value is -0.930. The lowest BCUT2D eigenvalue weighted by Crippen LogP contribution is -2.28. The van der Waals surface area contributed by atoms with Gasteiger partial charge < -0.3 is 5.32 Å². The number of hydrogen-bond acceptors (Lipinski definition) is 1. The van der Waals surface area contributed by atoms with Crippen LogP contribution in [0, 0.1) is 5.92 Å². The van der Waals surface area contributed by atoms with Gasteiger partial charge in [-0.1, -0.05) is 6.58 Å². The standard InChI is InChI=1S/C10H15F2NO/c1-2-9(14)13-7-5-8-4-3-6-10(8,11)12/h2,8H,1,3-7H2,(H,13,14). The van der Waals surface area contributed by atoms with E-state index in [4.69, 9.17) is 0 Å². The number of carbonyl (C=O) groups is 1. The predicted octanol–water partition coefficient (Wildman–Crippen LogP) is 2.11. The second-order valence-electron chi connectivity index (χ2n) is 3.63. The van der Waals surface area contributed by atoms with Gasteiger partial charge in [-0.3, -0.25) is 4.79 Å². The number of rotatable bonds is 4. The normalized spacial score (nSPS) is 24.6. The van der Waals surface area contributed by atoms with E-state index in [2.05, 4.69) is 11.9 Å². The Labute approximate surface area is 82.4 Å². The molecule has 14 heavy (non-hydrogen) atoms. The summed E-state index contributed by atoms with van der Waals surface area (Å²) in [6, 6.07) is 0. The van der Waals surface area contributed by atoms with E-state index < -0.39 is 11.8 Å². The monoisotopic (exact) mass is 203 g/mol. The lowest BCUT2D eigenvalue weighted by Gasteiger charge is -2.18. The third kappa shape index (κ3) is 2.79. The molecule has 1 amide bonds. The highest BCUT2D eigenvalue weighted by Gasteiger charge is 2.42. The Morgan fingerprint density at radius 3 is 2.86 bits per heavy atom. The van der Waals surface area contributed by atoms with Crippen molar-refractivity contribution >= 4 is 5.91 Å². The Bertz CT molecular complexity index is 228. The van der Waals surface area contributed by atoms with Gasteiger partial charge in [0.15, 0.2) is 0 Å². The summed E-state index contributed by atoms with van der Waals surface area (Å²) >= 11 is 0. The van der Waals surface area contributed by atoms with Gasteiger partial charge in [0.1, 0.15) is 0 Å². The van der Waals surface area contributed by atoms with Gasteiger partial charge in [0.25, 0.3) is 5.92 Å². The molecule has 1 unspecified atom stereocenters. The first-order valence-electron chi connectivity index (χ1n) is 4.84. The molecule has 1 fully saturated rings. The van der Waals surface area contributed by atoms with E-state index >= 15 is 0 Å². The van der Waals surface area contributed by atoms with Crippen molar-refractivity contribution in [3.05, 3.63) is 12.7 Å². The molecule has 1 aliphatic carbocycles. The van der Waals surface area contributed by atoms with Gasteiger partial charge in [0.05, 0.1) is 0 Å². The maximum absolute atomic E-state index is 13.1. The smallest absolute Gasteiger partial charge is 0.251 e. The van der Waals surface area contributed by atoms with Gasteiger partial charge in [-0.15, -0.1) is 0 Å². The molecule has 0 heterocycles. The molecular weight excluding hydrogens is 188 g/mol. The average molecular weight is 203 g/mol. The van der Waals surface area contributed by atoms with Gasteiger partial charge in [-0.25, -0.2) is 8.78 Å². The van der Waals surface area contributed by atoms with Gasteiger partial charge in [-0.05, 0) is 25.3 Å². The SMILES string of the molecule is C=CC(=O)NCCC1CCCC1(F)F. The highest BCUT2D eigenvalue weighted by atomic mass is 19.3. The number of hydrogen-bond donors (Lipinski definition) is 1. The zero-order valence-electron chi connectivity index (χ0n) is 8.06. The quantitative estimate of drug-likeness (QED) is 0.696. The maximum atomic E-state index is 13.1. The number of amides is 1. The van der Waals surface area contributed by atoms with Crippen molar-refractivity contribution in [2.45, 2.75) is 31.6 Å². The molecule has 0 spiro atoms. The molecule has 0 aliphatic heterocycles. The summed E-state index contributed by atoms with van der Waals surface area (Å²) in [7, 11) is 0. The minimum absolute atomic E-state index is 0.00687. The highest BCUT2D eigenvalue weighted by Crippen LogP contribution is 2.41.